The van der Waals surface area contributed by atoms with E-state index in [4.69, 9.17) is 4.74 Å². The average Bonchev–Trinajstić information content (AvgIpc) is 2.96. The van der Waals surface area contributed by atoms with Gasteiger partial charge in [0.15, 0.2) is 0 Å². The Morgan fingerprint density at radius 1 is 1.08 bits per heavy atom. The van der Waals surface area contributed by atoms with E-state index < -0.39 is 0 Å². The number of ether oxygens (including phenoxy) is 1. The number of nitrogens with zero attached hydrogens (tertiary/aromatic N) is 3. The molecule has 0 aliphatic rings. The van der Waals surface area contributed by atoms with Gasteiger partial charge in [-0.3, -0.25) is 4.79 Å². The summed E-state index contributed by atoms with van der Waals surface area (Å²) in [7, 11) is 1.64. The molecule has 0 aliphatic carbocycles. The van der Waals surface area contributed by atoms with Gasteiger partial charge in [0.1, 0.15) is 11.3 Å². The summed E-state index contributed by atoms with van der Waals surface area (Å²) in [5.41, 5.74) is 2.29. The Bertz CT molecular complexity index is 1090. The van der Waals surface area contributed by atoms with Gasteiger partial charge >= 0.3 is 0 Å². The molecule has 2 heterocycles. The molecule has 0 unspecified atom stereocenters. The van der Waals surface area contributed by atoms with Crippen LogP contribution in [0.4, 0.5) is 0 Å². The van der Waals surface area contributed by atoms with E-state index in [9.17, 15) is 4.79 Å². The van der Waals surface area contributed by atoms with Crippen molar-refractivity contribution in [1.82, 2.24) is 14.3 Å². The first-order valence-electron chi connectivity index (χ1n) is 7.88. The summed E-state index contributed by atoms with van der Waals surface area (Å²) in [6.45, 7) is 2.73. The number of aromatic nitrogens is 3. The van der Waals surface area contributed by atoms with Crippen molar-refractivity contribution < 1.29 is 4.74 Å². The van der Waals surface area contributed by atoms with Crippen LogP contribution in [-0.4, -0.2) is 21.5 Å². The summed E-state index contributed by atoms with van der Waals surface area (Å²) >= 11 is 0. The van der Waals surface area contributed by atoms with E-state index in [0.29, 0.717) is 12.1 Å². The van der Waals surface area contributed by atoms with Gasteiger partial charge in [-0.15, -0.1) is 0 Å². The summed E-state index contributed by atoms with van der Waals surface area (Å²) < 4.78 is 8.80. The molecule has 4 aromatic rings. The molecule has 0 radical (unpaired) electrons. The highest BCUT2D eigenvalue weighted by Gasteiger charge is 2.16. The fraction of sp³-hybridized carbons (Fsp3) is 0.158. The highest BCUT2D eigenvalue weighted by molar-refractivity contribution is 6.07. The number of methoxy groups -OCH3 is 1. The van der Waals surface area contributed by atoms with Gasteiger partial charge in [-0.05, 0) is 31.2 Å². The van der Waals surface area contributed by atoms with E-state index in [-0.39, 0.29) is 5.56 Å². The Morgan fingerprint density at radius 2 is 1.88 bits per heavy atom. The van der Waals surface area contributed by atoms with Gasteiger partial charge in [0.2, 0.25) is 0 Å². The molecule has 5 heteroatoms. The first-order chi connectivity index (χ1) is 11.7. The third-order valence-corrected chi connectivity index (χ3v) is 4.33. The second-order valence-electron chi connectivity index (χ2n) is 5.59. The molecule has 2 aromatic carbocycles. The summed E-state index contributed by atoms with van der Waals surface area (Å²) in [5, 5.41) is 6.26. The van der Waals surface area contributed by atoms with E-state index in [0.717, 1.165) is 27.7 Å². The maximum Gasteiger partial charge on any atom is 0.296 e. The summed E-state index contributed by atoms with van der Waals surface area (Å²) in [4.78, 5) is 13.1. The molecule has 24 heavy (non-hydrogen) atoms. The molecule has 0 aliphatic heterocycles. The first kappa shape index (κ1) is 14.5. The largest absolute Gasteiger partial charge is 0.497 e. The molecule has 5 nitrogen and oxygen atoms in total. The zero-order chi connectivity index (χ0) is 16.7. The third-order valence-electron chi connectivity index (χ3n) is 4.33. The van der Waals surface area contributed by atoms with Crippen LogP contribution in [0.2, 0.25) is 0 Å². The van der Waals surface area contributed by atoms with Crippen LogP contribution in [-0.2, 0) is 6.54 Å². The smallest absolute Gasteiger partial charge is 0.296 e. The fourth-order valence-corrected chi connectivity index (χ4v) is 3.19. The topological polar surface area (TPSA) is 49.0 Å². The number of hydrogen-bond acceptors (Lipinski definition) is 3. The van der Waals surface area contributed by atoms with E-state index >= 15 is 0 Å². The molecular weight excluding hydrogens is 302 g/mol. The second kappa shape index (κ2) is 5.53. The minimum Gasteiger partial charge on any atom is -0.497 e. The SMILES string of the molecule is CCn1c2cc(OC)ccc2c2cnn(-c3ccccc3)c(=O)c21. The highest BCUT2D eigenvalue weighted by atomic mass is 16.5. The van der Waals surface area contributed by atoms with Crippen LogP contribution >= 0.6 is 0 Å². The summed E-state index contributed by atoms with van der Waals surface area (Å²) in [5.74, 6) is 0.774. The van der Waals surface area contributed by atoms with Crippen LogP contribution in [0.5, 0.6) is 5.75 Å². The van der Waals surface area contributed by atoms with E-state index in [1.165, 1.54) is 4.68 Å². The maximum atomic E-state index is 13.1. The normalized spacial score (nSPS) is 11.2. The Labute approximate surface area is 138 Å². The fourth-order valence-electron chi connectivity index (χ4n) is 3.19. The van der Waals surface area contributed by atoms with Crippen molar-refractivity contribution in [2.75, 3.05) is 7.11 Å². The van der Waals surface area contributed by atoms with Crippen LogP contribution in [0.3, 0.4) is 0 Å². The lowest BCUT2D eigenvalue weighted by atomic mass is 10.2. The molecule has 0 saturated carbocycles. The van der Waals surface area contributed by atoms with Gasteiger partial charge in [-0.25, -0.2) is 0 Å². The lowest BCUT2D eigenvalue weighted by Gasteiger charge is -2.06. The van der Waals surface area contributed by atoms with E-state index in [1.807, 2.05) is 60.0 Å². The zero-order valence-corrected chi connectivity index (χ0v) is 13.6. The molecule has 0 bridgehead atoms. The number of aryl methyl sites for hydroxylation is 1. The lowest BCUT2D eigenvalue weighted by Crippen LogP contribution is -2.22. The van der Waals surface area contributed by atoms with Crippen LogP contribution in [0.25, 0.3) is 27.5 Å². The average molecular weight is 319 g/mol. The van der Waals surface area contributed by atoms with Crippen LogP contribution in [0, 0.1) is 0 Å². The van der Waals surface area contributed by atoms with Gasteiger partial charge in [0.05, 0.1) is 24.5 Å². The third kappa shape index (κ3) is 2.01. The first-order valence-corrected chi connectivity index (χ1v) is 7.88. The van der Waals surface area contributed by atoms with Gasteiger partial charge in [-0.2, -0.15) is 9.78 Å². The molecule has 2 aromatic heterocycles. The van der Waals surface area contributed by atoms with Crippen molar-refractivity contribution in [2.45, 2.75) is 13.5 Å². The Morgan fingerprint density at radius 3 is 2.58 bits per heavy atom. The molecule has 0 spiro atoms. The van der Waals surface area contributed by atoms with Gasteiger partial charge in [-0.1, -0.05) is 18.2 Å². The summed E-state index contributed by atoms with van der Waals surface area (Å²) in [6.07, 6.45) is 1.77. The Balaban J connectivity index is 2.12. The van der Waals surface area contributed by atoms with E-state index in [2.05, 4.69) is 5.10 Å². The number of fused-ring (bicyclic) bond motifs is 3. The number of benzene rings is 2. The van der Waals surface area contributed by atoms with Crippen molar-refractivity contribution in [1.29, 1.82) is 0 Å². The highest BCUT2D eigenvalue weighted by Crippen LogP contribution is 2.29. The predicted molar refractivity (Wildman–Crippen MR) is 95.1 cm³/mol. The zero-order valence-electron chi connectivity index (χ0n) is 13.6. The van der Waals surface area contributed by atoms with Crippen molar-refractivity contribution in [3.8, 4) is 11.4 Å². The minimum absolute atomic E-state index is 0.115. The Hall–Kier alpha value is -3.08. The molecule has 0 amide bonds. The molecule has 4 rings (SSSR count). The Kier molecular flexibility index (Phi) is 3.34. The lowest BCUT2D eigenvalue weighted by molar-refractivity contribution is 0.415. The quantitative estimate of drug-likeness (QED) is 0.582. The standard InChI is InChI=1S/C19H17N3O2/c1-3-21-17-11-14(24-2)9-10-15(17)16-12-20-22(19(23)18(16)21)13-7-5-4-6-8-13/h4-12H,3H2,1-2H3. The van der Waals surface area contributed by atoms with Crippen molar-refractivity contribution in [3.63, 3.8) is 0 Å². The molecule has 120 valence electrons. The van der Waals surface area contributed by atoms with Gasteiger partial charge < -0.3 is 9.30 Å². The predicted octanol–water partition coefficient (Wildman–Crippen LogP) is 3.37. The summed E-state index contributed by atoms with van der Waals surface area (Å²) in [6, 6.07) is 15.3. The molecule has 0 fully saturated rings. The molecule has 0 atom stereocenters. The molecule has 0 N–H and O–H groups in total. The minimum atomic E-state index is -0.115. The number of rotatable bonds is 3. The monoisotopic (exact) mass is 319 g/mol. The van der Waals surface area contributed by atoms with Crippen LogP contribution < -0.4 is 10.3 Å². The maximum absolute atomic E-state index is 13.1. The molecule has 0 saturated heterocycles. The van der Waals surface area contributed by atoms with Crippen molar-refractivity contribution >= 4 is 21.8 Å². The molecular formula is C19H17N3O2. The van der Waals surface area contributed by atoms with Crippen LogP contribution in [0.15, 0.2) is 59.5 Å². The van der Waals surface area contributed by atoms with Crippen molar-refractivity contribution in [2.24, 2.45) is 0 Å². The van der Waals surface area contributed by atoms with Crippen molar-refractivity contribution in [3.05, 3.63) is 65.1 Å². The van der Waals surface area contributed by atoms with Gasteiger partial charge in [0.25, 0.3) is 5.56 Å². The van der Waals surface area contributed by atoms with Gasteiger partial charge in [0, 0.05) is 23.4 Å². The second-order valence-corrected chi connectivity index (χ2v) is 5.59. The van der Waals surface area contributed by atoms with Crippen LogP contribution in [0.1, 0.15) is 6.92 Å². The van der Waals surface area contributed by atoms with E-state index in [1.54, 1.807) is 13.3 Å². The number of para-hydroxylation sites is 1. The number of hydrogen-bond donors (Lipinski definition) is 0.